The third-order valence-electron chi connectivity index (χ3n) is 2.97. The van der Waals surface area contributed by atoms with E-state index >= 15 is 0 Å². The molecular weight excluding hydrogens is 283 g/mol. The molecule has 0 saturated carbocycles. The maximum Gasteiger partial charge on any atom is 0.417 e. The van der Waals surface area contributed by atoms with Crippen molar-refractivity contribution in [2.24, 2.45) is 0 Å². The fraction of sp³-hybridized carbons (Fsp3) is 0.400. The van der Waals surface area contributed by atoms with Crippen LogP contribution in [-0.4, -0.2) is 23.2 Å². The van der Waals surface area contributed by atoms with Gasteiger partial charge in [0.25, 0.3) is 0 Å². The molecule has 0 unspecified atom stereocenters. The highest BCUT2D eigenvalue weighted by atomic mass is 19.4. The molecule has 0 radical (unpaired) electrons. The van der Waals surface area contributed by atoms with Crippen LogP contribution in [0, 0.1) is 0 Å². The first-order chi connectivity index (χ1) is 9.48. The lowest BCUT2D eigenvalue weighted by molar-refractivity contribution is -0.138. The number of rotatable bonds is 4. The second-order valence-electron chi connectivity index (χ2n) is 5.60. The number of aromatic carboxylic acids is 1. The zero-order valence-corrected chi connectivity index (χ0v) is 12.2. The largest absolute Gasteiger partial charge is 0.478 e. The van der Waals surface area contributed by atoms with Crippen molar-refractivity contribution in [1.29, 1.82) is 0 Å². The zero-order valence-electron chi connectivity index (χ0n) is 12.2. The number of hydrogen-bond donors (Lipinski definition) is 1. The molecule has 0 aliphatic heterocycles. The molecule has 0 fully saturated rings. The molecule has 6 heteroatoms. The molecular formula is C15H18F3NO2. The highest BCUT2D eigenvalue weighted by Crippen LogP contribution is 2.36. The second-order valence-corrected chi connectivity index (χ2v) is 5.60. The van der Waals surface area contributed by atoms with E-state index in [9.17, 15) is 18.0 Å². The van der Waals surface area contributed by atoms with Gasteiger partial charge in [-0.05, 0) is 39.0 Å². The average Bonchev–Trinajstić information content (AvgIpc) is 2.32. The molecule has 1 rings (SSSR count). The molecule has 0 amide bonds. The van der Waals surface area contributed by atoms with E-state index in [-0.39, 0.29) is 0 Å². The molecule has 0 heterocycles. The molecule has 0 aliphatic carbocycles. The summed E-state index contributed by atoms with van der Waals surface area (Å²) in [4.78, 5) is 12.7. The lowest BCUT2D eigenvalue weighted by Crippen LogP contribution is -2.41. The third kappa shape index (κ3) is 4.00. The van der Waals surface area contributed by atoms with Gasteiger partial charge in [0.1, 0.15) is 0 Å². The van der Waals surface area contributed by atoms with Crippen molar-refractivity contribution < 1.29 is 23.1 Å². The number of hydrogen-bond acceptors (Lipinski definition) is 2. The Balaban J connectivity index is 3.46. The molecule has 3 nitrogen and oxygen atoms in total. The van der Waals surface area contributed by atoms with Gasteiger partial charge in [-0.25, -0.2) is 4.79 Å². The van der Waals surface area contributed by atoms with Gasteiger partial charge >= 0.3 is 12.1 Å². The summed E-state index contributed by atoms with van der Waals surface area (Å²) < 4.78 is 39.1. The van der Waals surface area contributed by atoms with Crippen molar-refractivity contribution in [1.82, 2.24) is 0 Å². The SMILES string of the molecule is C=CCN(c1ccc(C(=O)O)c(C(F)(F)F)c1)C(C)(C)C. The van der Waals surface area contributed by atoms with E-state index in [0.29, 0.717) is 12.2 Å². The molecule has 0 bridgehead atoms. The molecule has 0 saturated heterocycles. The molecule has 1 aromatic rings. The minimum absolute atomic E-state index is 0.305. The summed E-state index contributed by atoms with van der Waals surface area (Å²) in [5, 5.41) is 8.89. The van der Waals surface area contributed by atoms with Crippen LogP contribution < -0.4 is 4.90 Å². The maximum atomic E-state index is 13.0. The van der Waals surface area contributed by atoms with Crippen LogP contribution in [0.1, 0.15) is 36.7 Å². The third-order valence-corrected chi connectivity index (χ3v) is 2.97. The number of carboxylic acids is 1. The summed E-state index contributed by atoms with van der Waals surface area (Å²) >= 11 is 0. The predicted molar refractivity (Wildman–Crippen MR) is 75.7 cm³/mol. The van der Waals surface area contributed by atoms with Crippen LogP contribution in [0.2, 0.25) is 0 Å². The molecule has 21 heavy (non-hydrogen) atoms. The highest BCUT2D eigenvalue weighted by molar-refractivity contribution is 5.90. The topological polar surface area (TPSA) is 40.5 Å². The number of anilines is 1. The molecule has 0 aromatic heterocycles. The predicted octanol–water partition coefficient (Wildman–Crippen LogP) is 4.19. The molecule has 0 aliphatic rings. The number of halogens is 3. The van der Waals surface area contributed by atoms with E-state index in [4.69, 9.17) is 5.11 Å². The van der Waals surface area contributed by atoms with Gasteiger partial charge in [0.15, 0.2) is 0 Å². The van der Waals surface area contributed by atoms with Gasteiger partial charge < -0.3 is 10.0 Å². The number of nitrogens with zero attached hydrogens (tertiary/aromatic N) is 1. The lowest BCUT2D eigenvalue weighted by atomic mass is 10.0. The fourth-order valence-electron chi connectivity index (χ4n) is 2.02. The Kier molecular flexibility index (Phi) is 4.71. The van der Waals surface area contributed by atoms with Gasteiger partial charge in [-0.3, -0.25) is 0 Å². The Bertz CT molecular complexity index is 545. The van der Waals surface area contributed by atoms with Gasteiger partial charge in [-0.15, -0.1) is 6.58 Å². The Labute approximate surface area is 121 Å². The van der Waals surface area contributed by atoms with Crippen molar-refractivity contribution in [3.05, 3.63) is 42.0 Å². The van der Waals surface area contributed by atoms with Gasteiger partial charge in [-0.2, -0.15) is 13.2 Å². The monoisotopic (exact) mass is 301 g/mol. The number of carbonyl (C=O) groups is 1. The fourth-order valence-corrected chi connectivity index (χ4v) is 2.02. The van der Waals surface area contributed by atoms with Crippen LogP contribution >= 0.6 is 0 Å². The van der Waals surface area contributed by atoms with E-state index in [1.165, 1.54) is 6.07 Å². The molecule has 116 valence electrons. The Morgan fingerprint density at radius 1 is 1.33 bits per heavy atom. The molecule has 0 atom stereocenters. The van der Waals surface area contributed by atoms with Gasteiger partial charge in [0.05, 0.1) is 11.1 Å². The standard InChI is InChI=1S/C15H18F3NO2/c1-5-8-19(14(2,3)4)10-6-7-11(13(20)21)12(9-10)15(16,17)18/h5-7,9H,1,8H2,2-4H3,(H,20,21). The lowest BCUT2D eigenvalue weighted by Gasteiger charge is -2.37. The minimum Gasteiger partial charge on any atom is -0.478 e. The Morgan fingerprint density at radius 3 is 2.29 bits per heavy atom. The van der Waals surface area contributed by atoms with Crippen molar-refractivity contribution in [3.8, 4) is 0 Å². The number of alkyl halides is 3. The maximum absolute atomic E-state index is 13.0. The van der Waals surface area contributed by atoms with Crippen LogP contribution in [0.4, 0.5) is 18.9 Å². The minimum atomic E-state index is -4.72. The Morgan fingerprint density at radius 2 is 1.90 bits per heavy atom. The van der Waals surface area contributed by atoms with Gasteiger partial charge in [0.2, 0.25) is 0 Å². The summed E-state index contributed by atoms with van der Waals surface area (Å²) in [5.41, 5.74) is -2.02. The van der Waals surface area contributed by atoms with Crippen LogP contribution in [0.3, 0.4) is 0 Å². The quantitative estimate of drug-likeness (QED) is 0.848. The second kappa shape index (κ2) is 5.79. The van der Waals surface area contributed by atoms with Crippen LogP contribution in [0.15, 0.2) is 30.9 Å². The van der Waals surface area contributed by atoms with Crippen molar-refractivity contribution in [3.63, 3.8) is 0 Å². The first-order valence-electron chi connectivity index (χ1n) is 6.31. The number of carboxylic acid groups (broad SMARTS) is 1. The summed E-state index contributed by atoms with van der Waals surface area (Å²) in [6.45, 7) is 9.52. The first-order valence-corrected chi connectivity index (χ1v) is 6.31. The first kappa shape index (κ1) is 17.1. The molecule has 1 N–H and O–H groups in total. The van der Waals surface area contributed by atoms with Crippen LogP contribution in [0.25, 0.3) is 0 Å². The van der Waals surface area contributed by atoms with E-state index < -0.39 is 28.8 Å². The van der Waals surface area contributed by atoms with E-state index in [1.54, 1.807) is 11.0 Å². The van der Waals surface area contributed by atoms with Gasteiger partial charge in [0, 0.05) is 17.8 Å². The van der Waals surface area contributed by atoms with E-state index in [1.807, 2.05) is 20.8 Å². The normalized spacial score (nSPS) is 12.1. The summed E-state index contributed by atoms with van der Waals surface area (Å²) in [5.74, 6) is -1.60. The van der Waals surface area contributed by atoms with Crippen LogP contribution in [-0.2, 0) is 6.18 Å². The molecule has 1 aromatic carbocycles. The molecule has 0 spiro atoms. The van der Waals surface area contributed by atoms with Crippen molar-refractivity contribution in [2.45, 2.75) is 32.5 Å². The van der Waals surface area contributed by atoms with Crippen LogP contribution in [0.5, 0.6) is 0 Å². The Hall–Kier alpha value is -1.98. The smallest absolute Gasteiger partial charge is 0.417 e. The summed E-state index contributed by atoms with van der Waals surface area (Å²) in [6, 6.07) is 3.24. The van der Waals surface area contributed by atoms with Gasteiger partial charge in [-0.1, -0.05) is 6.08 Å². The van der Waals surface area contributed by atoms with Crippen molar-refractivity contribution in [2.75, 3.05) is 11.4 Å². The zero-order chi connectivity index (χ0) is 16.4. The summed E-state index contributed by atoms with van der Waals surface area (Å²) in [7, 11) is 0. The highest BCUT2D eigenvalue weighted by Gasteiger charge is 2.36. The van der Waals surface area contributed by atoms with E-state index in [0.717, 1.165) is 12.1 Å². The van der Waals surface area contributed by atoms with E-state index in [2.05, 4.69) is 6.58 Å². The summed E-state index contributed by atoms with van der Waals surface area (Å²) in [6.07, 6.45) is -3.13. The number of benzene rings is 1. The van der Waals surface area contributed by atoms with Crippen molar-refractivity contribution >= 4 is 11.7 Å². The average molecular weight is 301 g/mol.